The number of urea groups is 1. The van der Waals surface area contributed by atoms with Crippen LogP contribution in [0.3, 0.4) is 0 Å². The van der Waals surface area contributed by atoms with E-state index in [1.54, 1.807) is 34.0 Å². The number of carbonyl (C=O) groups excluding carboxylic acids is 2. The maximum Gasteiger partial charge on any atom is 0.324 e. The van der Waals surface area contributed by atoms with Crippen molar-refractivity contribution in [2.45, 2.75) is 12.5 Å². The molecule has 0 saturated carbocycles. The van der Waals surface area contributed by atoms with E-state index in [0.717, 1.165) is 23.1 Å². The van der Waals surface area contributed by atoms with Gasteiger partial charge in [-0.1, -0.05) is 18.2 Å². The largest absolute Gasteiger partial charge is 0.451 e. The summed E-state index contributed by atoms with van der Waals surface area (Å²) in [5, 5.41) is 5.38. The van der Waals surface area contributed by atoms with Crippen molar-refractivity contribution < 1.29 is 14.0 Å². The molecule has 0 spiro atoms. The van der Waals surface area contributed by atoms with Crippen LogP contribution in [-0.4, -0.2) is 64.7 Å². The Kier molecular flexibility index (Phi) is 3.85. The molecule has 3 amide bonds. The van der Waals surface area contributed by atoms with Crippen LogP contribution in [-0.2, 0) is 0 Å². The first-order chi connectivity index (χ1) is 13.6. The fraction of sp³-hybridized carbons (Fsp3) is 0.350. The quantitative estimate of drug-likeness (QED) is 0.701. The van der Waals surface area contributed by atoms with E-state index in [1.165, 1.54) is 0 Å². The molecular weight excluding hydrogens is 358 g/mol. The molecule has 2 aromatic heterocycles. The van der Waals surface area contributed by atoms with Gasteiger partial charge >= 0.3 is 6.03 Å². The van der Waals surface area contributed by atoms with E-state index in [4.69, 9.17) is 4.42 Å². The Labute approximate surface area is 161 Å². The van der Waals surface area contributed by atoms with Gasteiger partial charge in [0.25, 0.3) is 5.91 Å². The minimum Gasteiger partial charge on any atom is -0.451 e. The summed E-state index contributed by atoms with van der Waals surface area (Å²) in [4.78, 5) is 30.2. The number of anilines is 1. The molecular formula is C20H21N5O3. The third kappa shape index (κ3) is 2.72. The lowest BCUT2D eigenvalue weighted by atomic mass is 10.2. The number of furan rings is 1. The van der Waals surface area contributed by atoms with Crippen molar-refractivity contribution in [3.05, 3.63) is 48.5 Å². The molecule has 8 nitrogen and oxygen atoms in total. The van der Waals surface area contributed by atoms with Gasteiger partial charge < -0.3 is 14.2 Å². The Hall–Kier alpha value is -3.29. The Bertz CT molecular complexity index is 1020. The van der Waals surface area contributed by atoms with Gasteiger partial charge in [-0.15, -0.1) is 0 Å². The van der Waals surface area contributed by atoms with E-state index in [1.807, 2.05) is 35.1 Å². The van der Waals surface area contributed by atoms with Crippen LogP contribution < -0.4 is 4.90 Å². The standard InChI is InChI=1S/C20H21N5O3/c1-22-8-9-24(20(22)27)16-11-21-25(13-16)15-6-7-23(12-15)19(26)18-10-14-4-2-3-5-17(14)28-18/h2-5,10-11,13,15H,6-9,12H2,1H3. The fourth-order valence-electron chi connectivity index (χ4n) is 3.94. The summed E-state index contributed by atoms with van der Waals surface area (Å²) in [6.07, 6.45) is 4.44. The molecule has 144 valence electrons. The van der Waals surface area contributed by atoms with Gasteiger partial charge in [0.1, 0.15) is 5.58 Å². The lowest BCUT2D eigenvalue weighted by molar-refractivity contribution is 0.0758. The van der Waals surface area contributed by atoms with Crippen molar-refractivity contribution in [1.82, 2.24) is 19.6 Å². The van der Waals surface area contributed by atoms with Crippen molar-refractivity contribution >= 4 is 28.6 Å². The molecule has 5 rings (SSSR count). The van der Waals surface area contributed by atoms with Gasteiger partial charge in [-0.2, -0.15) is 5.10 Å². The Morgan fingerprint density at radius 3 is 2.86 bits per heavy atom. The van der Waals surface area contributed by atoms with Gasteiger partial charge in [-0.3, -0.25) is 14.4 Å². The van der Waals surface area contributed by atoms with Crippen molar-refractivity contribution in [3.8, 4) is 0 Å². The first kappa shape index (κ1) is 16.9. The molecule has 0 aliphatic carbocycles. The van der Waals surface area contributed by atoms with Crippen LogP contribution in [0.2, 0.25) is 0 Å². The lowest BCUT2D eigenvalue weighted by Gasteiger charge is -2.15. The summed E-state index contributed by atoms with van der Waals surface area (Å²) in [6, 6.07) is 9.50. The molecule has 2 fully saturated rings. The van der Waals surface area contributed by atoms with Crippen molar-refractivity contribution in [1.29, 1.82) is 0 Å². The zero-order valence-electron chi connectivity index (χ0n) is 15.6. The number of hydrogen-bond donors (Lipinski definition) is 0. The zero-order valence-corrected chi connectivity index (χ0v) is 15.6. The molecule has 8 heteroatoms. The number of carbonyl (C=O) groups is 2. The van der Waals surface area contributed by atoms with Crippen LogP contribution in [0.15, 0.2) is 47.1 Å². The summed E-state index contributed by atoms with van der Waals surface area (Å²) in [6.45, 7) is 2.61. The van der Waals surface area contributed by atoms with Crippen molar-refractivity contribution in [2.75, 3.05) is 38.1 Å². The number of aromatic nitrogens is 2. The normalized spacial score (nSPS) is 20.0. The second-order valence-corrected chi connectivity index (χ2v) is 7.38. The summed E-state index contributed by atoms with van der Waals surface area (Å²) in [5.41, 5.74) is 1.52. The number of fused-ring (bicyclic) bond motifs is 1. The van der Waals surface area contributed by atoms with Gasteiger partial charge in [0.05, 0.1) is 17.9 Å². The topological polar surface area (TPSA) is 74.8 Å². The molecule has 0 radical (unpaired) electrons. The average molecular weight is 379 g/mol. The molecule has 0 bridgehead atoms. The molecule has 2 aliphatic heterocycles. The highest BCUT2D eigenvalue weighted by atomic mass is 16.3. The predicted octanol–water partition coefficient (Wildman–Crippen LogP) is 2.59. The third-order valence-electron chi connectivity index (χ3n) is 5.58. The Balaban J connectivity index is 1.29. The monoisotopic (exact) mass is 379 g/mol. The van der Waals surface area contributed by atoms with Crippen LogP contribution in [0, 0.1) is 0 Å². The smallest absolute Gasteiger partial charge is 0.324 e. The lowest BCUT2D eigenvalue weighted by Crippen LogP contribution is -2.29. The third-order valence-corrected chi connectivity index (χ3v) is 5.58. The molecule has 4 heterocycles. The first-order valence-corrected chi connectivity index (χ1v) is 9.45. The van der Waals surface area contributed by atoms with Crippen LogP contribution in [0.25, 0.3) is 11.0 Å². The number of rotatable bonds is 3. The van der Waals surface area contributed by atoms with Gasteiger partial charge in [0, 0.05) is 44.8 Å². The van der Waals surface area contributed by atoms with E-state index in [9.17, 15) is 9.59 Å². The summed E-state index contributed by atoms with van der Waals surface area (Å²) >= 11 is 0. The molecule has 1 unspecified atom stereocenters. The van der Waals surface area contributed by atoms with Gasteiger partial charge in [-0.05, 0) is 18.6 Å². The van der Waals surface area contributed by atoms with Crippen LogP contribution in [0.5, 0.6) is 0 Å². The van der Waals surface area contributed by atoms with E-state index in [2.05, 4.69) is 5.10 Å². The van der Waals surface area contributed by atoms with Gasteiger partial charge in [0.15, 0.2) is 5.76 Å². The minimum absolute atomic E-state index is 0.00679. The summed E-state index contributed by atoms with van der Waals surface area (Å²) in [5.74, 6) is 0.274. The summed E-state index contributed by atoms with van der Waals surface area (Å²) < 4.78 is 7.58. The number of nitrogens with zero attached hydrogens (tertiary/aromatic N) is 5. The second kappa shape index (κ2) is 6.40. The Morgan fingerprint density at radius 1 is 1.21 bits per heavy atom. The predicted molar refractivity (Wildman–Crippen MR) is 103 cm³/mol. The van der Waals surface area contributed by atoms with Crippen LogP contribution in [0.4, 0.5) is 10.5 Å². The molecule has 3 aromatic rings. The highest BCUT2D eigenvalue weighted by Crippen LogP contribution is 2.27. The number of hydrogen-bond acceptors (Lipinski definition) is 4. The maximum atomic E-state index is 12.8. The SMILES string of the molecule is CN1CCN(c2cnn(C3CCN(C(=O)c4cc5ccccc5o4)C3)c2)C1=O. The number of likely N-dealkylation sites (tertiary alicyclic amines) is 1. The molecule has 0 N–H and O–H groups in total. The number of likely N-dealkylation sites (N-methyl/N-ethyl adjacent to an activating group) is 1. The fourth-order valence-corrected chi connectivity index (χ4v) is 3.94. The minimum atomic E-state index is -0.0950. The zero-order chi connectivity index (χ0) is 19.3. The number of amides is 3. The van der Waals surface area contributed by atoms with Gasteiger partial charge in [-0.25, -0.2) is 4.79 Å². The molecule has 2 aliphatic rings. The van der Waals surface area contributed by atoms with Gasteiger partial charge in [0.2, 0.25) is 0 Å². The highest BCUT2D eigenvalue weighted by molar-refractivity contribution is 5.96. The van der Waals surface area contributed by atoms with E-state index < -0.39 is 0 Å². The molecule has 1 aromatic carbocycles. The number of para-hydroxylation sites is 1. The molecule has 2 saturated heterocycles. The number of benzene rings is 1. The maximum absolute atomic E-state index is 12.8. The molecule has 1 atom stereocenters. The molecule has 28 heavy (non-hydrogen) atoms. The van der Waals surface area contributed by atoms with Crippen LogP contribution >= 0.6 is 0 Å². The van der Waals surface area contributed by atoms with Crippen molar-refractivity contribution in [2.24, 2.45) is 0 Å². The summed E-state index contributed by atoms with van der Waals surface area (Å²) in [7, 11) is 1.80. The first-order valence-electron chi connectivity index (χ1n) is 9.45. The van der Waals surface area contributed by atoms with Crippen molar-refractivity contribution in [3.63, 3.8) is 0 Å². The van der Waals surface area contributed by atoms with E-state index in [0.29, 0.717) is 31.9 Å². The van der Waals surface area contributed by atoms with Crippen LogP contribution in [0.1, 0.15) is 23.0 Å². The highest BCUT2D eigenvalue weighted by Gasteiger charge is 2.32. The second-order valence-electron chi connectivity index (χ2n) is 7.38. The van der Waals surface area contributed by atoms with E-state index in [-0.39, 0.29) is 18.0 Å². The van der Waals surface area contributed by atoms with E-state index >= 15 is 0 Å². The average Bonchev–Trinajstić information content (AvgIpc) is 3.48. The Morgan fingerprint density at radius 2 is 2.07 bits per heavy atom.